The van der Waals surface area contributed by atoms with Crippen molar-refractivity contribution in [2.45, 2.75) is 39.2 Å². The van der Waals surface area contributed by atoms with Crippen LogP contribution in [0.4, 0.5) is 0 Å². The van der Waals surface area contributed by atoms with Gasteiger partial charge in [0.05, 0.1) is 19.1 Å². The van der Waals surface area contributed by atoms with Crippen molar-refractivity contribution in [3.05, 3.63) is 29.8 Å². The summed E-state index contributed by atoms with van der Waals surface area (Å²) in [6, 6.07) is 7.80. The summed E-state index contributed by atoms with van der Waals surface area (Å²) in [6.45, 7) is 6.47. The van der Waals surface area contributed by atoms with E-state index in [4.69, 9.17) is 9.47 Å². The van der Waals surface area contributed by atoms with Gasteiger partial charge in [0.25, 0.3) is 0 Å². The third-order valence-corrected chi connectivity index (χ3v) is 3.79. The highest BCUT2D eigenvalue weighted by Gasteiger charge is 2.20. The average molecular weight is 305 g/mol. The van der Waals surface area contributed by atoms with E-state index in [1.54, 1.807) is 4.90 Å². The number of ether oxygens (including phenoxy) is 2. The fraction of sp³-hybridized carbons (Fsp3) is 0.611. The zero-order valence-electron chi connectivity index (χ0n) is 13.9. The molecule has 2 rings (SSSR count). The molecule has 1 aliphatic rings. The topological polar surface area (TPSA) is 38.8 Å². The number of carbonyl (C=O) groups excluding carboxylic acids is 1. The van der Waals surface area contributed by atoms with Crippen LogP contribution in [0.25, 0.3) is 0 Å². The third-order valence-electron chi connectivity index (χ3n) is 3.79. The van der Waals surface area contributed by atoms with E-state index in [1.807, 2.05) is 31.3 Å². The molecule has 1 amide bonds. The molecule has 22 heavy (non-hydrogen) atoms. The molecule has 1 atom stereocenters. The first-order chi connectivity index (χ1) is 10.5. The molecule has 1 saturated heterocycles. The normalized spacial score (nSPS) is 17.7. The Kier molecular flexibility index (Phi) is 6.25. The number of likely N-dealkylation sites (N-methyl/N-ethyl adjacent to an activating group) is 1. The van der Waals surface area contributed by atoms with Crippen molar-refractivity contribution in [1.29, 1.82) is 0 Å². The van der Waals surface area contributed by atoms with Gasteiger partial charge in [-0.05, 0) is 36.5 Å². The highest BCUT2D eigenvalue weighted by molar-refractivity contribution is 5.78. The van der Waals surface area contributed by atoms with Crippen molar-refractivity contribution < 1.29 is 14.3 Å². The predicted octanol–water partition coefficient (Wildman–Crippen LogP) is 2.90. The summed E-state index contributed by atoms with van der Waals surface area (Å²) >= 11 is 0. The Morgan fingerprint density at radius 2 is 2.09 bits per heavy atom. The maximum atomic E-state index is 12.2. The zero-order valence-corrected chi connectivity index (χ0v) is 13.9. The van der Waals surface area contributed by atoms with Crippen molar-refractivity contribution in [2.75, 3.05) is 26.8 Å². The van der Waals surface area contributed by atoms with Crippen LogP contribution >= 0.6 is 0 Å². The minimum Gasteiger partial charge on any atom is -0.493 e. The van der Waals surface area contributed by atoms with Crippen molar-refractivity contribution in [1.82, 2.24) is 4.90 Å². The minimum absolute atomic E-state index is 0.131. The van der Waals surface area contributed by atoms with Gasteiger partial charge in [-0.2, -0.15) is 0 Å². The first kappa shape index (κ1) is 16.8. The van der Waals surface area contributed by atoms with Crippen LogP contribution in [0.2, 0.25) is 0 Å². The van der Waals surface area contributed by atoms with E-state index in [2.05, 4.69) is 13.8 Å². The quantitative estimate of drug-likeness (QED) is 0.777. The summed E-state index contributed by atoms with van der Waals surface area (Å²) in [5.41, 5.74) is 1.01. The molecule has 0 aromatic heterocycles. The molecule has 1 aromatic rings. The number of nitrogens with zero attached hydrogens (tertiary/aromatic N) is 1. The summed E-state index contributed by atoms with van der Waals surface area (Å²) in [6.07, 6.45) is 2.79. The van der Waals surface area contributed by atoms with Gasteiger partial charge < -0.3 is 14.4 Å². The van der Waals surface area contributed by atoms with Crippen LogP contribution in [0.5, 0.6) is 5.75 Å². The van der Waals surface area contributed by atoms with Crippen LogP contribution in [0, 0.1) is 5.92 Å². The minimum atomic E-state index is 0.131. The van der Waals surface area contributed by atoms with Crippen molar-refractivity contribution in [3.63, 3.8) is 0 Å². The molecule has 0 N–H and O–H groups in total. The fourth-order valence-corrected chi connectivity index (χ4v) is 2.47. The van der Waals surface area contributed by atoms with E-state index in [0.29, 0.717) is 25.5 Å². The van der Waals surface area contributed by atoms with Crippen molar-refractivity contribution in [2.24, 2.45) is 5.92 Å². The van der Waals surface area contributed by atoms with Gasteiger partial charge in [0.1, 0.15) is 5.75 Å². The van der Waals surface area contributed by atoms with Crippen molar-refractivity contribution in [3.8, 4) is 5.75 Å². The Bertz CT molecular complexity index is 464. The Balaban J connectivity index is 1.80. The molecule has 0 radical (unpaired) electrons. The second-order valence-corrected chi connectivity index (χ2v) is 6.43. The summed E-state index contributed by atoms with van der Waals surface area (Å²) in [5.74, 6) is 1.50. The monoisotopic (exact) mass is 305 g/mol. The maximum absolute atomic E-state index is 12.2. The maximum Gasteiger partial charge on any atom is 0.226 e. The molecule has 1 fully saturated rings. The number of hydrogen-bond donors (Lipinski definition) is 0. The number of carbonyl (C=O) groups is 1. The van der Waals surface area contributed by atoms with Gasteiger partial charge in [-0.15, -0.1) is 0 Å². The zero-order chi connectivity index (χ0) is 15.9. The van der Waals surface area contributed by atoms with Gasteiger partial charge in [0.15, 0.2) is 0 Å². The Morgan fingerprint density at radius 1 is 1.36 bits per heavy atom. The Morgan fingerprint density at radius 3 is 2.68 bits per heavy atom. The second kappa shape index (κ2) is 8.18. The lowest BCUT2D eigenvalue weighted by Crippen LogP contribution is -2.35. The molecule has 0 spiro atoms. The molecule has 0 aliphatic carbocycles. The molecule has 1 unspecified atom stereocenters. The van der Waals surface area contributed by atoms with Crippen LogP contribution in [0.15, 0.2) is 24.3 Å². The lowest BCUT2D eigenvalue weighted by atomic mass is 10.1. The standard InChI is InChI=1S/C18H27NO3/c1-14(2)13-22-16-8-6-15(7-9-16)11-18(20)19(3)12-17-5-4-10-21-17/h6-9,14,17H,4-5,10-13H2,1-3H3. The summed E-state index contributed by atoms with van der Waals surface area (Å²) in [5, 5.41) is 0. The van der Waals surface area contributed by atoms with Gasteiger partial charge in [0.2, 0.25) is 5.91 Å². The van der Waals surface area contributed by atoms with Gasteiger partial charge in [-0.25, -0.2) is 0 Å². The molecule has 4 nitrogen and oxygen atoms in total. The molecule has 1 aromatic carbocycles. The SMILES string of the molecule is CC(C)COc1ccc(CC(=O)N(C)CC2CCCO2)cc1. The smallest absolute Gasteiger partial charge is 0.226 e. The van der Waals surface area contributed by atoms with Crippen LogP contribution in [0.1, 0.15) is 32.3 Å². The van der Waals surface area contributed by atoms with Crippen LogP contribution in [-0.4, -0.2) is 43.7 Å². The van der Waals surface area contributed by atoms with Gasteiger partial charge >= 0.3 is 0 Å². The number of amides is 1. The first-order valence-electron chi connectivity index (χ1n) is 8.12. The molecule has 0 bridgehead atoms. The molecular weight excluding hydrogens is 278 g/mol. The average Bonchev–Trinajstić information content (AvgIpc) is 2.99. The van der Waals surface area contributed by atoms with E-state index in [9.17, 15) is 4.79 Å². The summed E-state index contributed by atoms with van der Waals surface area (Å²) in [7, 11) is 1.85. The van der Waals surface area contributed by atoms with Crippen LogP contribution < -0.4 is 4.74 Å². The Labute approximate surface area is 133 Å². The fourth-order valence-electron chi connectivity index (χ4n) is 2.47. The van der Waals surface area contributed by atoms with Crippen molar-refractivity contribution >= 4 is 5.91 Å². The predicted molar refractivity (Wildman–Crippen MR) is 87.1 cm³/mol. The lowest BCUT2D eigenvalue weighted by Gasteiger charge is -2.21. The molecule has 1 aliphatic heterocycles. The molecule has 4 heteroatoms. The van der Waals surface area contributed by atoms with E-state index < -0.39 is 0 Å². The van der Waals surface area contributed by atoms with E-state index in [0.717, 1.165) is 30.8 Å². The molecule has 1 heterocycles. The lowest BCUT2D eigenvalue weighted by molar-refractivity contribution is -0.130. The van der Waals surface area contributed by atoms with Gasteiger partial charge in [-0.3, -0.25) is 4.79 Å². The molecular formula is C18H27NO3. The van der Waals surface area contributed by atoms with E-state index in [1.165, 1.54) is 0 Å². The van der Waals surface area contributed by atoms with E-state index in [-0.39, 0.29) is 12.0 Å². The summed E-state index contributed by atoms with van der Waals surface area (Å²) < 4.78 is 11.2. The third kappa shape index (κ3) is 5.34. The van der Waals surface area contributed by atoms with Gasteiger partial charge in [0, 0.05) is 20.2 Å². The van der Waals surface area contributed by atoms with Crippen LogP contribution in [0.3, 0.4) is 0 Å². The first-order valence-corrected chi connectivity index (χ1v) is 8.12. The number of rotatable bonds is 7. The van der Waals surface area contributed by atoms with Gasteiger partial charge in [-0.1, -0.05) is 26.0 Å². The largest absolute Gasteiger partial charge is 0.493 e. The summed E-state index contributed by atoms with van der Waals surface area (Å²) in [4.78, 5) is 14.0. The van der Waals surface area contributed by atoms with E-state index >= 15 is 0 Å². The molecule has 0 saturated carbocycles. The number of hydrogen-bond acceptors (Lipinski definition) is 3. The Hall–Kier alpha value is -1.55. The number of benzene rings is 1. The highest BCUT2D eigenvalue weighted by Crippen LogP contribution is 2.16. The molecule has 122 valence electrons. The van der Waals surface area contributed by atoms with Crippen LogP contribution in [-0.2, 0) is 16.0 Å². The highest BCUT2D eigenvalue weighted by atomic mass is 16.5. The second-order valence-electron chi connectivity index (χ2n) is 6.43.